The van der Waals surface area contributed by atoms with Gasteiger partial charge in [-0.1, -0.05) is 44.2 Å². The maximum atomic E-state index is 13.3. The molecule has 3 aliphatic rings. The number of aliphatic hydroxyl groups is 1. The van der Waals surface area contributed by atoms with Crippen LogP contribution in [-0.2, 0) is 35.8 Å². The van der Waals surface area contributed by atoms with Crippen LogP contribution in [0.5, 0.6) is 0 Å². The number of hydrogen-bond donors (Lipinski definition) is 4. The Morgan fingerprint density at radius 2 is 1.75 bits per heavy atom. The highest BCUT2D eigenvalue weighted by molar-refractivity contribution is 7.86. The van der Waals surface area contributed by atoms with Crippen molar-refractivity contribution in [2.75, 3.05) is 6.54 Å². The van der Waals surface area contributed by atoms with E-state index < -0.39 is 57.8 Å². The van der Waals surface area contributed by atoms with Crippen molar-refractivity contribution in [3.05, 3.63) is 35.9 Å². The van der Waals surface area contributed by atoms with Crippen LogP contribution in [0.25, 0.3) is 0 Å². The fraction of sp³-hybridized carbons (Fsp3) is 0.655. The molecule has 14 nitrogen and oxygen atoms in total. The number of nitrogens with one attached hydrogen (secondary N) is 3. The van der Waals surface area contributed by atoms with E-state index in [1.54, 1.807) is 4.90 Å². The second-order valence-corrected chi connectivity index (χ2v) is 13.6. The quantitative estimate of drug-likeness (QED) is 0.242. The van der Waals surface area contributed by atoms with Gasteiger partial charge in [-0.3, -0.25) is 9.59 Å². The molecule has 4 amide bonds. The predicted molar refractivity (Wildman–Crippen MR) is 155 cm³/mol. The SMILES string of the molecule is CC(C)C[C@H](NC(=O)OC1CC2CCC(C1)N2C(=O)OCc1ccccc1)C(=O)NC(CC1CCNC1=O)C(O)S(=O)(=O)[O-]. The van der Waals surface area contributed by atoms with Crippen molar-refractivity contribution in [3.8, 4) is 0 Å². The average Bonchev–Trinajstić information content (AvgIpc) is 3.49. The highest BCUT2D eigenvalue weighted by atomic mass is 32.2. The van der Waals surface area contributed by atoms with Gasteiger partial charge in [-0.25, -0.2) is 18.0 Å². The molecule has 0 aliphatic carbocycles. The van der Waals surface area contributed by atoms with E-state index in [0.717, 1.165) is 18.4 Å². The van der Waals surface area contributed by atoms with Gasteiger partial charge in [0.25, 0.3) is 0 Å². The molecule has 1 aromatic rings. The largest absolute Gasteiger partial charge is 0.746 e. The van der Waals surface area contributed by atoms with E-state index in [4.69, 9.17) is 9.47 Å². The number of amides is 4. The Balaban J connectivity index is 1.34. The third-order valence-electron chi connectivity index (χ3n) is 8.36. The number of aliphatic hydroxyl groups excluding tert-OH is 1. The molecule has 0 radical (unpaired) electrons. The summed E-state index contributed by atoms with van der Waals surface area (Å²) in [6.45, 7) is 4.14. The summed E-state index contributed by atoms with van der Waals surface area (Å²) in [6.07, 6.45) is 0.755. The van der Waals surface area contributed by atoms with Gasteiger partial charge in [-0.05, 0) is 43.6 Å². The maximum Gasteiger partial charge on any atom is 0.410 e. The lowest BCUT2D eigenvalue weighted by atomic mass is 9.97. The van der Waals surface area contributed by atoms with Gasteiger partial charge in [0.2, 0.25) is 11.8 Å². The van der Waals surface area contributed by atoms with Crippen LogP contribution in [-0.4, -0.2) is 89.2 Å². The first-order chi connectivity index (χ1) is 20.8. The smallest absolute Gasteiger partial charge is 0.410 e. The Kier molecular flexibility index (Phi) is 11.1. The Morgan fingerprint density at radius 3 is 2.32 bits per heavy atom. The van der Waals surface area contributed by atoms with Crippen molar-refractivity contribution in [1.82, 2.24) is 20.9 Å². The van der Waals surface area contributed by atoms with Crippen LogP contribution >= 0.6 is 0 Å². The van der Waals surface area contributed by atoms with Gasteiger partial charge in [0.1, 0.15) is 28.9 Å². The fourth-order valence-corrected chi connectivity index (χ4v) is 6.83. The molecule has 3 aliphatic heterocycles. The lowest BCUT2D eigenvalue weighted by Crippen LogP contribution is -2.55. The second-order valence-electron chi connectivity index (χ2n) is 12.2. The zero-order chi connectivity index (χ0) is 32.0. The minimum atomic E-state index is -5.22. The van der Waals surface area contributed by atoms with Crippen LogP contribution in [0.1, 0.15) is 64.4 Å². The molecule has 5 unspecified atom stereocenters. The predicted octanol–water partition coefficient (Wildman–Crippen LogP) is 1.33. The molecule has 6 atom stereocenters. The summed E-state index contributed by atoms with van der Waals surface area (Å²) < 4.78 is 46.0. The van der Waals surface area contributed by atoms with Crippen LogP contribution < -0.4 is 16.0 Å². The normalized spacial score (nSPS) is 25.1. The van der Waals surface area contributed by atoms with E-state index in [0.29, 0.717) is 25.8 Å². The molecular formula is C29H41N4O10S-. The molecule has 0 aromatic heterocycles. The van der Waals surface area contributed by atoms with Crippen LogP contribution in [0, 0.1) is 11.8 Å². The van der Waals surface area contributed by atoms with Gasteiger partial charge in [0, 0.05) is 37.4 Å². The number of fused-ring (bicyclic) bond motifs is 2. The summed E-state index contributed by atoms with van der Waals surface area (Å²) in [4.78, 5) is 52.8. The topological polar surface area (TPSA) is 203 Å². The standard InChI is InChI=1S/C29H42N4O10S/c1-17(2)12-23(26(35)31-24(27(36)44(39,40)41)13-19-10-11-30-25(19)34)32-28(37)43-22-14-20-8-9-21(15-22)33(20)29(38)42-16-18-6-4-3-5-7-18/h3-7,17,19-24,27,36H,8-16H2,1-2H3,(H,30,34)(H,31,35)(H,32,37)(H,39,40,41)/p-1/t19?,20?,21?,22?,23-,24?,27?/m0/s1. The molecule has 4 rings (SSSR count). The minimum absolute atomic E-state index is 0.0840. The molecule has 1 aromatic carbocycles. The molecule has 2 bridgehead atoms. The molecule has 15 heteroatoms. The van der Waals surface area contributed by atoms with Gasteiger partial charge in [0.05, 0.1) is 6.04 Å². The summed E-state index contributed by atoms with van der Waals surface area (Å²) >= 11 is 0. The maximum absolute atomic E-state index is 13.3. The first kappa shape index (κ1) is 33.5. The number of alkyl carbamates (subject to hydrolysis) is 1. The average molecular weight is 638 g/mol. The summed E-state index contributed by atoms with van der Waals surface area (Å²) in [5.41, 5.74) is -1.60. The molecule has 0 saturated carbocycles. The highest BCUT2D eigenvalue weighted by Gasteiger charge is 2.45. The van der Waals surface area contributed by atoms with E-state index >= 15 is 0 Å². The van der Waals surface area contributed by atoms with Crippen LogP contribution in [0.15, 0.2) is 30.3 Å². The van der Waals surface area contributed by atoms with E-state index in [1.165, 1.54) is 0 Å². The van der Waals surface area contributed by atoms with Gasteiger partial charge < -0.3 is 40.0 Å². The molecule has 3 saturated heterocycles. The Hall–Kier alpha value is -3.43. The summed E-state index contributed by atoms with van der Waals surface area (Å²) in [6, 6.07) is 6.30. The number of piperidine rings is 1. The second kappa shape index (κ2) is 14.6. The van der Waals surface area contributed by atoms with E-state index in [-0.39, 0.29) is 43.4 Å². The van der Waals surface area contributed by atoms with Gasteiger partial charge in [-0.2, -0.15) is 0 Å². The third-order valence-corrected chi connectivity index (χ3v) is 9.28. The van der Waals surface area contributed by atoms with Crippen LogP contribution in [0.4, 0.5) is 9.59 Å². The number of rotatable bonds is 12. The zero-order valence-electron chi connectivity index (χ0n) is 24.8. The van der Waals surface area contributed by atoms with Crippen LogP contribution in [0.2, 0.25) is 0 Å². The Labute approximate surface area is 257 Å². The number of ether oxygens (including phenoxy) is 2. The first-order valence-corrected chi connectivity index (χ1v) is 16.5. The fourth-order valence-electron chi connectivity index (χ4n) is 6.25. The van der Waals surface area contributed by atoms with Gasteiger partial charge in [-0.15, -0.1) is 0 Å². The number of carbonyl (C=O) groups is 4. The Morgan fingerprint density at radius 1 is 1.09 bits per heavy atom. The Bertz CT molecular complexity index is 1280. The summed E-state index contributed by atoms with van der Waals surface area (Å²) in [7, 11) is -5.22. The lowest BCUT2D eigenvalue weighted by molar-refractivity contribution is -0.126. The monoisotopic (exact) mass is 637 g/mol. The summed E-state index contributed by atoms with van der Waals surface area (Å²) in [5.74, 6) is -1.98. The molecular weight excluding hydrogens is 596 g/mol. The van der Waals surface area contributed by atoms with Gasteiger partial charge >= 0.3 is 12.2 Å². The molecule has 4 N–H and O–H groups in total. The first-order valence-electron chi connectivity index (χ1n) is 15.0. The van der Waals surface area contributed by atoms with Crippen molar-refractivity contribution in [1.29, 1.82) is 0 Å². The van der Waals surface area contributed by atoms with Gasteiger partial charge in [0.15, 0.2) is 5.44 Å². The molecule has 244 valence electrons. The van der Waals surface area contributed by atoms with Crippen molar-refractivity contribution < 1.29 is 46.7 Å². The van der Waals surface area contributed by atoms with Crippen molar-refractivity contribution in [3.63, 3.8) is 0 Å². The van der Waals surface area contributed by atoms with E-state index in [1.807, 2.05) is 44.2 Å². The highest BCUT2D eigenvalue weighted by Crippen LogP contribution is 2.37. The molecule has 3 heterocycles. The third kappa shape index (κ3) is 8.82. The minimum Gasteiger partial charge on any atom is -0.746 e. The molecule has 0 spiro atoms. The number of hydrogen-bond acceptors (Lipinski definition) is 10. The number of nitrogens with zero attached hydrogens (tertiary/aromatic N) is 1. The van der Waals surface area contributed by atoms with Crippen molar-refractivity contribution in [2.24, 2.45) is 11.8 Å². The van der Waals surface area contributed by atoms with Crippen molar-refractivity contribution >= 4 is 34.1 Å². The van der Waals surface area contributed by atoms with E-state index in [9.17, 15) is 37.3 Å². The molecule has 44 heavy (non-hydrogen) atoms. The summed E-state index contributed by atoms with van der Waals surface area (Å²) in [5, 5.41) is 17.7. The van der Waals surface area contributed by atoms with E-state index in [2.05, 4.69) is 16.0 Å². The molecule has 3 fully saturated rings. The lowest BCUT2D eigenvalue weighted by Gasteiger charge is -2.37. The number of benzene rings is 1. The van der Waals surface area contributed by atoms with Crippen molar-refractivity contribution in [2.45, 2.75) is 101 Å². The zero-order valence-corrected chi connectivity index (χ0v) is 25.7. The number of carbonyl (C=O) groups excluding carboxylic acids is 4. The van der Waals surface area contributed by atoms with Crippen LogP contribution in [0.3, 0.4) is 0 Å².